The molecule has 0 aromatic carbocycles. The van der Waals surface area contributed by atoms with E-state index in [1.807, 2.05) is 11.3 Å². The second-order valence-electron chi connectivity index (χ2n) is 3.82. The maximum atomic E-state index is 3.50. The Morgan fingerprint density at radius 1 is 1.50 bits per heavy atom. The summed E-state index contributed by atoms with van der Waals surface area (Å²) in [6.07, 6.45) is 4.09. The van der Waals surface area contributed by atoms with E-state index in [4.69, 9.17) is 0 Å². The Bertz CT molecular complexity index is 256. The van der Waals surface area contributed by atoms with Crippen molar-refractivity contribution in [3.05, 3.63) is 22.4 Å². The molecule has 1 aliphatic rings. The molecule has 0 aliphatic heterocycles. The molecule has 0 amide bonds. The van der Waals surface area contributed by atoms with Crippen molar-refractivity contribution in [3.8, 4) is 0 Å². The quantitative estimate of drug-likeness (QED) is 0.718. The highest BCUT2D eigenvalue weighted by atomic mass is 79.9. The van der Waals surface area contributed by atoms with Crippen molar-refractivity contribution in [2.75, 3.05) is 11.9 Å². The van der Waals surface area contributed by atoms with Crippen molar-refractivity contribution >= 4 is 27.3 Å². The average molecular weight is 274 g/mol. The second-order valence-corrected chi connectivity index (χ2v) is 5.65. The zero-order valence-electron chi connectivity index (χ0n) is 8.29. The van der Waals surface area contributed by atoms with E-state index in [-0.39, 0.29) is 0 Å². The molecule has 1 aromatic rings. The van der Waals surface area contributed by atoms with E-state index >= 15 is 0 Å². The highest BCUT2D eigenvalue weighted by molar-refractivity contribution is 9.09. The summed E-state index contributed by atoms with van der Waals surface area (Å²) in [7, 11) is 0. The summed E-state index contributed by atoms with van der Waals surface area (Å²) in [4.78, 5) is 4.14. The van der Waals surface area contributed by atoms with E-state index in [0.29, 0.717) is 0 Å². The van der Waals surface area contributed by atoms with Gasteiger partial charge in [0.25, 0.3) is 0 Å². The fourth-order valence-corrected chi connectivity index (χ4v) is 2.68. The zero-order valence-corrected chi connectivity index (χ0v) is 10.7. The SMILES string of the molecule is BrCCCN(Cc1cccs1)C1CC1. The van der Waals surface area contributed by atoms with Crippen molar-refractivity contribution in [1.82, 2.24) is 4.90 Å². The predicted octanol–water partition coefficient (Wildman–Crippen LogP) is 3.50. The molecule has 0 spiro atoms. The van der Waals surface area contributed by atoms with Gasteiger partial charge in [0.2, 0.25) is 0 Å². The van der Waals surface area contributed by atoms with Crippen LogP contribution in [0.5, 0.6) is 0 Å². The molecular weight excluding hydrogens is 258 g/mol. The summed E-state index contributed by atoms with van der Waals surface area (Å²) in [6, 6.07) is 5.28. The maximum Gasteiger partial charge on any atom is 0.0330 e. The van der Waals surface area contributed by atoms with Crippen LogP contribution in [-0.4, -0.2) is 22.8 Å². The van der Waals surface area contributed by atoms with Crippen LogP contribution in [0.1, 0.15) is 24.1 Å². The number of alkyl halides is 1. The normalized spacial score (nSPS) is 16.4. The molecule has 1 aromatic heterocycles. The van der Waals surface area contributed by atoms with Crippen molar-refractivity contribution < 1.29 is 0 Å². The van der Waals surface area contributed by atoms with Crippen LogP contribution in [0.15, 0.2) is 17.5 Å². The van der Waals surface area contributed by atoms with Gasteiger partial charge in [-0.2, -0.15) is 0 Å². The number of rotatable bonds is 6. The van der Waals surface area contributed by atoms with Gasteiger partial charge < -0.3 is 0 Å². The Labute approximate surface area is 98.2 Å². The molecule has 0 bridgehead atoms. The monoisotopic (exact) mass is 273 g/mol. The van der Waals surface area contributed by atoms with Gasteiger partial charge in [-0.15, -0.1) is 11.3 Å². The zero-order chi connectivity index (χ0) is 9.80. The number of hydrogen-bond donors (Lipinski definition) is 0. The Morgan fingerprint density at radius 2 is 2.36 bits per heavy atom. The van der Waals surface area contributed by atoms with Crippen LogP contribution in [0.2, 0.25) is 0 Å². The van der Waals surface area contributed by atoms with Crippen molar-refractivity contribution in [2.45, 2.75) is 31.8 Å². The van der Waals surface area contributed by atoms with E-state index in [1.54, 1.807) is 0 Å². The summed E-state index contributed by atoms with van der Waals surface area (Å²) >= 11 is 5.38. The molecule has 1 heterocycles. The van der Waals surface area contributed by atoms with Crippen LogP contribution >= 0.6 is 27.3 Å². The summed E-state index contributed by atoms with van der Waals surface area (Å²) in [5.74, 6) is 0. The fourth-order valence-electron chi connectivity index (χ4n) is 1.70. The molecule has 0 N–H and O–H groups in total. The molecule has 1 fully saturated rings. The number of hydrogen-bond acceptors (Lipinski definition) is 2. The van der Waals surface area contributed by atoms with Crippen molar-refractivity contribution in [2.24, 2.45) is 0 Å². The first-order valence-electron chi connectivity index (χ1n) is 5.22. The minimum atomic E-state index is 0.885. The average Bonchev–Trinajstić information content (AvgIpc) is 2.92. The van der Waals surface area contributed by atoms with Crippen molar-refractivity contribution in [1.29, 1.82) is 0 Å². The third-order valence-electron chi connectivity index (χ3n) is 2.58. The lowest BCUT2D eigenvalue weighted by Crippen LogP contribution is -2.26. The predicted molar refractivity (Wildman–Crippen MR) is 66.2 cm³/mol. The summed E-state index contributed by atoms with van der Waals surface area (Å²) in [5, 5.41) is 3.30. The lowest BCUT2D eigenvalue weighted by Gasteiger charge is -2.20. The van der Waals surface area contributed by atoms with Gasteiger partial charge in [0.15, 0.2) is 0 Å². The first-order valence-corrected chi connectivity index (χ1v) is 7.22. The molecule has 0 unspecified atom stereocenters. The smallest absolute Gasteiger partial charge is 0.0330 e. The summed E-state index contributed by atoms with van der Waals surface area (Å²) in [6.45, 7) is 2.41. The molecule has 0 saturated heterocycles. The molecule has 3 heteroatoms. The standard InChI is InChI=1S/C11H16BrNS/c12-6-2-7-13(10-4-5-10)9-11-3-1-8-14-11/h1,3,8,10H,2,4-7,9H2. The summed E-state index contributed by atoms with van der Waals surface area (Å²) in [5.41, 5.74) is 0. The van der Waals surface area contributed by atoms with Gasteiger partial charge in [-0.05, 0) is 37.3 Å². The van der Waals surface area contributed by atoms with Crippen LogP contribution in [0, 0.1) is 0 Å². The maximum absolute atomic E-state index is 3.50. The molecule has 0 radical (unpaired) electrons. The minimum absolute atomic E-state index is 0.885. The van der Waals surface area contributed by atoms with Crippen LogP contribution in [0.4, 0.5) is 0 Å². The Balaban J connectivity index is 1.84. The van der Waals surface area contributed by atoms with Crippen LogP contribution < -0.4 is 0 Å². The van der Waals surface area contributed by atoms with Crippen molar-refractivity contribution in [3.63, 3.8) is 0 Å². The van der Waals surface area contributed by atoms with Gasteiger partial charge in [0.05, 0.1) is 0 Å². The fraction of sp³-hybridized carbons (Fsp3) is 0.636. The third-order valence-corrected chi connectivity index (χ3v) is 4.00. The largest absolute Gasteiger partial charge is 0.295 e. The minimum Gasteiger partial charge on any atom is -0.295 e. The topological polar surface area (TPSA) is 3.24 Å². The number of halogens is 1. The second kappa shape index (κ2) is 5.29. The van der Waals surface area contributed by atoms with Gasteiger partial charge in [-0.25, -0.2) is 0 Å². The molecular formula is C11H16BrNS. The van der Waals surface area contributed by atoms with Crippen LogP contribution in [0.3, 0.4) is 0 Å². The van der Waals surface area contributed by atoms with Gasteiger partial charge in [0.1, 0.15) is 0 Å². The molecule has 1 nitrogen and oxygen atoms in total. The highest BCUT2D eigenvalue weighted by Crippen LogP contribution is 2.29. The van der Waals surface area contributed by atoms with Gasteiger partial charge in [-0.1, -0.05) is 22.0 Å². The molecule has 1 saturated carbocycles. The van der Waals surface area contributed by atoms with E-state index in [2.05, 4.69) is 38.3 Å². The number of nitrogens with zero attached hydrogens (tertiary/aromatic N) is 1. The van der Waals surface area contributed by atoms with Gasteiger partial charge in [-0.3, -0.25) is 4.90 Å². The first kappa shape index (κ1) is 10.7. The first-order chi connectivity index (χ1) is 6.90. The third kappa shape index (κ3) is 3.07. The lowest BCUT2D eigenvalue weighted by atomic mass is 10.3. The van der Waals surface area contributed by atoms with E-state index < -0.39 is 0 Å². The molecule has 78 valence electrons. The van der Waals surface area contributed by atoms with E-state index in [9.17, 15) is 0 Å². The van der Waals surface area contributed by atoms with Crippen LogP contribution in [0.25, 0.3) is 0 Å². The highest BCUT2D eigenvalue weighted by Gasteiger charge is 2.28. The van der Waals surface area contributed by atoms with Gasteiger partial charge >= 0.3 is 0 Å². The Kier molecular flexibility index (Phi) is 4.02. The molecule has 1 aliphatic carbocycles. The Morgan fingerprint density at radius 3 is 2.93 bits per heavy atom. The van der Waals surface area contributed by atoms with E-state index in [1.165, 1.54) is 30.7 Å². The van der Waals surface area contributed by atoms with E-state index in [0.717, 1.165) is 17.9 Å². The summed E-state index contributed by atoms with van der Waals surface area (Å²) < 4.78 is 0. The molecule has 14 heavy (non-hydrogen) atoms. The van der Waals surface area contributed by atoms with Gasteiger partial charge in [0, 0.05) is 22.8 Å². The molecule has 2 rings (SSSR count). The lowest BCUT2D eigenvalue weighted by molar-refractivity contribution is 0.258. The number of thiophene rings is 1. The van der Waals surface area contributed by atoms with Crippen LogP contribution in [-0.2, 0) is 6.54 Å². The Hall–Kier alpha value is 0.140. The molecule has 0 atom stereocenters.